The molecule has 0 bridgehead atoms. The minimum Gasteiger partial charge on any atom is -0.508 e. The Morgan fingerprint density at radius 3 is 2.53 bits per heavy atom. The van der Waals surface area contributed by atoms with E-state index in [4.69, 9.17) is 9.84 Å². The summed E-state index contributed by atoms with van der Waals surface area (Å²) in [5.74, 6) is -0.780. The lowest BCUT2D eigenvalue weighted by molar-refractivity contribution is -0.118. The van der Waals surface area contributed by atoms with Gasteiger partial charge in [-0.3, -0.25) is 4.79 Å². The van der Waals surface area contributed by atoms with Crippen LogP contribution in [-0.4, -0.2) is 17.6 Å². The predicted octanol–water partition coefficient (Wildman–Crippen LogP) is 2.55. The lowest BCUT2D eigenvalue weighted by Gasteiger charge is -2.08. The number of aromatic hydroxyl groups is 1. The van der Waals surface area contributed by atoms with Gasteiger partial charge in [0.1, 0.15) is 5.75 Å². The average Bonchev–Trinajstić information content (AvgIpc) is 2.40. The minimum absolute atomic E-state index is 0.0309. The summed E-state index contributed by atoms with van der Waals surface area (Å²) < 4.78 is 18.3. The predicted molar refractivity (Wildman–Crippen MR) is 68.6 cm³/mol. The van der Waals surface area contributed by atoms with E-state index in [2.05, 4.69) is 5.32 Å². The minimum atomic E-state index is -0.514. The highest BCUT2D eigenvalue weighted by atomic mass is 19.1. The molecular formula is C14H12FNO3. The van der Waals surface area contributed by atoms with Gasteiger partial charge in [0, 0.05) is 5.69 Å². The number of halogens is 1. The second-order valence-corrected chi connectivity index (χ2v) is 3.81. The van der Waals surface area contributed by atoms with Crippen LogP contribution in [0.5, 0.6) is 11.5 Å². The third kappa shape index (κ3) is 3.70. The van der Waals surface area contributed by atoms with E-state index in [1.54, 1.807) is 24.3 Å². The van der Waals surface area contributed by atoms with Crippen LogP contribution in [0.3, 0.4) is 0 Å². The normalized spacial score (nSPS) is 9.95. The summed E-state index contributed by atoms with van der Waals surface area (Å²) >= 11 is 0. The molecule has 98 valence electrons. The van der Waals surface area contributed by atoms with Crippen molar-refractivity contribution < 1.29 is 19.0 Å². The summed E-state index contributed by atoms with van der Waals surface area (Å²) in [7, 11) is 0. The molecule has 2 rings (SSSR count). The summed E-state index contributed by atoms with van der Waals surface area (Å²) in [5.41, 5.74) is 0.528. The molecule has 0 atom stereocenters. The lowest BCUT2D eigenvalue weighted by atomic mass is 10.3. The van der Waals surface area contributed by atoms with Gasteiger partial charge in [0.15, 0.2) is 18.2 Å². The summed E-state index contributed by atoms with van der Waals surface area (Å²) in [6, 6.07) is 11.9. The fraction of sp³-hybridized carbons (Fsp3) is 0.0714. The van der Waals surface area contributed by atoms with E-state index in [1.165, 1.54) is 24.3 Å². The van der Waals surface area contributed by atoms with E-state index in [0.717, 1.165) is 0 Å². The first-order chi connectivity index (χ1) is 9.15. The van der Waals surface area contributed by atoms with Gasteiger partial charge in [0.25, 0.3) is 5.91 Å². The van der Waals surface area contributed by atoms with Crippen molar-refractivity contribution in [2.45, 2.75) is 0 Å². The molecule has 0 aliphatic rings. The van der Waals surface area contributed by atoms with Crippen LogP contribution in [0, 0.1) is 5.82 Å². The Labute approximate surface area is 109 Å². The van der Waals surface area contributed by atoms with Crippen LogP contribution >= 0.6 is 0 Å². The molecule has 0 fully saturated rings. The number of carbonyl (C=O) groups is 1. The van der Waals surface area contributed by atoms with Gasteiger partial charge < -0.3 is 15.2 Å². The molecule has 4 nitrogen and oxygen atoms in total. The molecule has 2 aromatic rings. The highest BCUT2D eigenvalue weighted by Crippen LogP contribution is 2.16. The van der Waals surface area contributed by atoms with Crippen LogP contribution in [0.4, 0.5) is 10.1 Å². The fourth-order valence-electron chi connectivity index (χ4n) is 1.45. The Balaban J connectivity index is 1.88. The van der Waals surface area contributed by atoms with Crippen LogP contribution < -0.4 is 10.1 Å². The maximum Gasteiger partial charge on any atom is 0.262 e. The van der Waals surface area contributed by atoms with Crippen molar-refractivity contribution in [1.82, 2.24) is 0 Å². The summed E-state index contributed by atoms with van der Waals surface area (Å²) in [6.07, 6.45) is 0. The number of phenolic OH excluding ortho intramolecular Hbond substituents is 1. The number of rotatable bonds is 4. The molecule has 0 saturated carbocycles. The molecule has 2 N–H and O–H groups in total. The number of nitrogens with one attached hydrogen (secondary N) is 1. The van der Waals surface area contributed by atoms with Crippen molar-refractivity contribution in [3.05, 3.63) is 54.3 Å². The maximum atomic E-state index is 13.2. The Bertz CT molecular complexity index is 569. The van der Waals surface area contributed by atoms with E-state index < -0.39 is 11.7 Å². The number of hydrogen-bond donors (Lipinski definition) is 2. The van der Waals surface area contributed by atoms with Gasteiger partial charge in [-0.15, -0.1) is 0 Å². The maximum absolute atomic E-state index is 13.2. The van der Waals surface area contributed by atoms with E-state index in [-0.39, 0.29) is 18.1 Å². The van der Waals surface area contributed by atoms with Gasteiger partial charge in [-0.05, 0) is 36.4 Å². The van der Waals surface area contributed by atoms with Gasteiger partial charge >= 0.3 is 0 Å². The lowest BCUT2D eigenvalue weighted by Crippen LogP contribution is -2.20. The molecular weight excluding hydrogens is 249 g/mol. The number of benzene rings is 2. The molecule has 0 heterocycles. The third-order valence-corrected chi connectivity index (χ3v) is 2.35. The number of anilines is 1. The molecule has 2 aromatic carbocycles. The van der Waals surface area contributed by atoms with E-state index in [0.29, 0.717) is 5.69 Å². The van der Waals surface area contributed by atoms with Crippen LogP contribution in [0.15, 0.2) is 48.5 Å². The van der Waals surface area contributed by atoms with Gasteiger partial charge in [0.05, 0.1) is 0 Å². The van der Waals surface area contributed by atoms with Crippen LogP contribution in [0.1, 0.15) is 0 Å². The van der Waals surface area contributed by atoms with Crippen molar-refractivity contribution in [3.63, 3.8) is 0 Å². The zero-order valence-corrected chi connectivity index (χ0v) is 9.97. The van der Waals surface area contributed by atoms with Gasteiger partial charge in [-0.25, -0.2) is 4.39 Å². The largest absolute Gasteiger partial charge is 0.508 e. The number of amides is 1. The van der Waals surface area contributed by atoms with Crippen molar-refractivity contribution in [2.24, 2.45) is 0 Å². The Hall–Kier alpha value is -2.56. The van der Waals surface area contributed by atoms with E-state index in [1.807, 2.05) is 0 Å². The third-order valence-electron chi connectivity index (χ3n) is 2.35. The molecule has 19 heavy (non-hydrogen) atoms. The van der Waals surface area contributed by atoms with Crippen LogP contribution in [-0.2, 0) is 4.79 Å². The number of ether oxygens (including phenoxy) is 1. The summed E-state index contributed by atoms with van der Waals surface area (Å²) in [5, 5.41) is 11.7. The van der Waals surface area contributed by atoms with Gasteiger partial charge in [0.2, 0.25) is 0 Å². The standard InChI is InChI=1S/C14H12FNO3/c15-12-3-1-2-4-13(12)19-9-14(18)16-10-5-7-11(17)8-6-10/h1-8,17H,9H2,(H,16,18). The summed E-state index contributed by atoms with van der Waals surface area (Å²) in [4.78, 5) is 11.6. The molecule has 0 aliphatic heterocycles. The second kappa shape index (κ2) is 5.86. The monoisotopic (exact) mass is 261 g/mol. The molecule has 0 radical (unpaired) electrons. The molecule has 0 unspecified atom stereocenters. The molecule has 1 amide bonds. The number of carbonyl (C=O) groups excluding carboxylic acids is 1. The first-order valence-corrected chi connectivity index (χ1v) is 5.61. The molecule has 0 saturated heterocycles. The Morgan fingerprint density at radius 1 is 1.16 bits per heavy atom. The molecule has 0 aliphatic carbocycles. The zero-order valence-electron chi connectivity index (χ0n) is 9.97. The van der Waals surface area contributed by atoms with Gasteiger partial charge in [-0.2, -0.15) is 0 Å². The van der Waals surface area contributed by atoms with Crippen molar-refractivity contribution >= 4 is 11.6 Å². The Kier molecular flexibility index (Phi) is 3.97. The fourth-order valence-corrected chi connectivity index (χ4v) is 1.45. The Morgan fingerprint density at radius 2 is 1.84 bits per heavy atom. The molecule has 5 heteroatoms. The highest BCUT2D eigenvalue weighted by Gasteiger charge is 2.06. The zero-order chi connectivity index (χ0) is 13.7. The van der Waals surface area contributed by atoms with E-state index in [9.17, 15) is 9.18 Å². The van der Waals surface area contributed by atoms with Crippen LogP contribution in [0.25, 0.3) is 0 Å². The smallest absolute Gasteiger partial charge is 0.262 e. The topological polar surface area (TPSA) is 58.6 Å². The van der Waals surface area contributed by atoms with Crippen molar-refractivity contribution in [1.29, 1.82) is 0 Å². The SMILES string of the molecule is O=C(COc1ccccc1F)Nc1ccc(O)cc1. The molecule has 0 spiro atoms. The van der Waals surface area contributed by atoms with Crippen molar-refractivity contribution in [3.8, 4) is 11.5 Å². The quantitative estimate of drug-likeness (QED) is 0.831. The van der Waals surface area contributed by atoms with Crippen molar-refractivity contribution in [2.75, 3.05) is 11.9 Å². The van der Waals surface area contributed by atoms with Gasteiger partial charge in [-0.1, -0.05) is 12.1 Å². The van der Waals surface area contributed by atoms with E-state index >= 15 is 0 Å². The average molecular weight is 261 g/mol. The number of phenols is 1. The summed E-state index contributed by atoms with van der Waals surface area (Å²) in [6.45, 7) is -0.290. The highest BCUT2D eigenvalue weighted by molar-refractivity contribution is 5.91. The first kappa shape index (κ1) is 12.9. The number of para-hydroxylation sites is 1. The number of hydrogen-bond acceptors (Lipinski definition) is 3. The first-order valence-electron chi connectivity index (χ1n) is 5.61. The molecule has 0 aromatic heterocycles. The van der Waals surface area contributed by atoms with Crippen LogP contribution in [0.2, 0.25) is 0 Å². The second-order valence-electron chi connectivity index (χ2n) is 3.81.